The third-order valence-electron chi connectivity index (χ3n) is 3.45. The Bertz CT molecular complexity index is 478. The highest BCUT2D eigenvalue weighted by Crippen LogP contribution is 2.22. The van der Waals surface area contributed by atoms with E-state index in [1.807, 2.05) is 13.8 Å². The van der Waals surface area contributed by atoms with Crippen molar-refractivity contribution in [1.82, 2.24) is 15.3 Å². The van der Waals surface area contributed by atoms with Gasteiger partial charge in [0.05, 0.1) is 13.0 Å². The second kappa shape index (κ2) is 6.54. The number of hydrogen-bond donors (Lipinski definition) is 1. The number of carbonyl (C=O) groups is 1. The lowest BCUT2D eigenvalue weighted by molar-refractivity contribution is -0.125. The van der Waals surface area contributed by atoms with Gasteiger partial charge in [0.1, 0.15) is 0 Å². The lowest BCUT2D eigenvalue weighted by atomic mass is 9.97. The summed E-state index contributed by atoms with van der Waals surface area (Å²) in [5, 5.41) is 2.89. The van der Waals surface area contributed by atoms with Crippen LogP contribution in [0.5, 0.6) is 5.88 Å². The monoisotopic (exact) mass is 278 g/mol. The standard InChI is InChI=1S/C14H22N4O2/c1-4-15-13(19)11-6-5-7-18(9-11)14-16-10(2)8-12(17-14)20-3/h8,11H,4-7,9H2,1-3H3,(H,15,19). The number of amides is 1. The highest BCUT2D eigenvalue weighted by Gasteiger charge is 2.27. The van der Waals surface area contributed by atoms with Gasteiger partial charge in [-0.05, 0) is 26.7 Å². The Morgan fingerprint density at radius 1 is 1.55 bits per heavy atom. The molecule has 1 atom stereocenters. The van der Waals surface area contributed by atoms with E-state index in [2.05, 4.69) is 20.2 Å². The number of piperidine rings is 1. The third-order valence-corrected chi connectivity index (χ3v) is 3.45. The van der Waals surface area contributed by atoms with E-state index in [0.717, 1.165) is 25.1 Å². The molecule has 1 aliphatic rings. The number of aryl methyl sites for hydroxylation is 1. The fourth-order valence-corrected chi connectivity index (χ4v) is 2.46. The Morgan fingerprint density at radius 2 is 2.35 bits per heavy atom. The van der Waals surface area contributed by atoms with Gasteiger partial charge in [-0.15, -0.1) is 0 Å². The van der Waals surface area contributed by atoms with Crippen molar-refractivity contribution in [1.29, 1.82) is 0 Å². The van der Waals surface area contributed by atoms with Crippen molar-refractivity contribution in [3.8, 4) is 5.88 Å². The number of methoxy groups -OCH3 is 1. The molecule has 0 saturated carbocycles. The Morgan fingerprint density at radius 3 is 3.05 bits per heavy atom. The molecule has 6 nitrogen and oxygen atoms in total. The second-order valence-corrected chi connectivity index (χ2v) is 5.03. The van der Waals surface area contributed by atoms with E-state index in [1.54, 1.807) is 13.2 Å². The first-order valence-corrected chi connectivity index (χ1v) is 7.06. The molecule has 1 saturated heterocycles. The molecule has 2 rings (SSSR count). The number of nitrogens with one attached hydrogen (secondary N) is 1. The maximum Gasteiger partial charge on any atom is 0.228 e. The molecule has 0 bridgehead atoms. The number of carbonyl (C=O) groups excluding carboxylic acids is 1. The predicted molar refractivity (Wildman–Crippen MR) is 76.9 cm³/mol. The van der Waals surface area contributed by atoms with Crippen molar-refractivity contribution in [2.24, 2.45) is 5.92 Å². The number of ether oxygens (including phenoxy) is 1. The van der Waals surface area contributed by atoms with Gasteiger partial charge in [0, 0.05) is 31.4 Å². The summed E-state index contributed by atoms with van der Waals surface area (Å²) >= 11 is 0. The summed E-state index contributed by atoms with van der Waals surface area (Å²) in [5.41, 5.74) is 0.868. The van der Waals surface area contributed by atoms with E-state index in [1.165, 1.54) is 0 Å². The van der Waals surface area contributed by atoms with Crippen LogP contribution in [0.2, 0.25) is 0 Å². The van der Waals surface area contributed by atoms with Crippen LogP contribution in [-0.2, 0) is 4.79 Å². The van der Waals surface area contributed by atoms with Crippen LogP contribution in [0.3, 0.4) is 0 Å². The summed E-state index contributed by atoms with van der Waals surface area (Å²) in [6.07, 6.45) is 1.90. The van der Waals surface area contributed by atoms with Gasteiger partial charge in [-0.3, -0.25) is 4.79 Å². The van der Waals surface area contributed by atoms with Crippen LogP contribution < -0.4 is 15.0 Å². The summed E-state index contributed by atoms with van der Waals surface area (Å²) in [4.78, 5) is 22.9. The molecule has 2 heterocycles. The van der Waals surface area contributed by atoms with Crippen molar-refractivity contribution in [3.63, 3.8) is 0 Å². The highest BCUT2D eigenvalue weighted by atomic mass is 16.5. The molecular formula is C14H22N4O2. The Balaban J connectivity index is 2.12. The number of rotatable bonds is 4. The Labute approximate surface area is 119 Å². The molecule has 6 heteroatoms. The summed E-state index contributed by atoms with van der Waals surface area (Å²) < 4.78 is 5.18. The minimum Gasteiger partial charge on any atom is -0.481 e. The number of aromatic nitrogens is 2. The number of anilines is 1. The van der Waals surface area contributed by atoms with Crippen LogP contribution in [0.25, 0.3) is 0 Å². The Hall–Kier alpha value is -1.85. The van der Waals surface area contributed by atoms with Gasteiger partial charge < -0.3 is 15.0 Å². The van der Waals surface area contributed by atoms with Crippen molar-refractivity contribution in [2.45, 2.75) is 26.7 Å². The zero-order valence-electron chi connectivity index (χ0n) is 12.3. The smallest absolute Gasteiger partial charge is 0.228 e. The van der Waals surface area contributed by atoms with E-state index in [-0.39, 0.29) is 11.8 Å². The highest BCUT2D eigenvalue weighted by molar-refractivity contribution is 5.79. The van der Waals surface area contributed by atoms with Crippen LogP contribution >= 0.6 is 0 Å². The van der Waals surface area contributed by atoms with Crippen molar-refractivity contribution in [2.75, 3.05) is 31.6 Å². The minimum atomic E-state index is 0.0128. The van der Waals surface area contributed by atoms with Gasteiger partial charge in [-0.2, -0.15) is 4.98 Å². The van der Waals surface area contributed by atoms with Crippen LogP contribution in [-0.4, -0.2) is 42.6 Å². The molecule has 110 valence electrons. The quantitative estimate of drug-likeness (QED) is 0.894. The molecular weight excluding hydrogens is 256 g/mol. The normalized spacial score (nSPS) is 18.8. The van der Waals surface area contributed by atoms with Gasteiger partial charge in [0.25, 0.3) is 0 Å². The first-order chi connectivity index (χ1) is 9.63. The zero-order chi connectivity index (χ0) is 14.5. The van der Waals surface area contributed by atoms with Gasteiger partial charge in [-0.25, -0.2) is 4.98 Å². The van der Waals surface area contributed by atoms with Gasteiger partial charge in [-0.1, -0.05) is 0 Å². The second-order valence-electron chi connectivity index (χ2n) is 5.03. The molecule has 0 radical (unpaired) electrons. The maximum absolute atomic E-state index is 12.0. The predicted octanol–water partition coefficient (Wildman–Crippen LogP) is 1.15. The molecule has 0 aromatic carbocycles. The average Bonchev–Trinajstić information content (AvgIpc) is 2.47. The number of hydrogen-bond acceptors (Lipinski definition) is 5. The zero-order valence-corrected chi connectivity index (χ0v) is 12.3. The van der Waals surface area contributed by atoms with Crippen LogP contribution in [0.4, 0.5) is 5.95 Å². The van der Waals surface area contributed by atoms with Crippen LogP contribution in [0, 0.1) is 12.8 Å². The first kappa shape index (κ1) is 14.6. The molecule has 1 N–H and O–H groups in total. The van der Waals surface area contributed by atoms with E-state index in [9.17, 15) is 4.79 Å². The van der Waals surface area contributed by atoms with Gasteiger partial charge >= 0.3 is 0 Å². The Kier molecular flexibility index (Phi) is 4.76. The molecule has 1 aliphatic heterocycles. The lowest BCUT2D eigenvalue weighted by Crippen LogP contribution is -2.43. The van der Waals surface area contributed by atoms with Crippen molar-refractivity contribution < 1.29 is 9.53 Å². The van der Waals surface area contributed by atoms with Crippen molar-refractivity contribution >= 4 is 11.9 Å². The van der Waals surface area contributed by atoms with Crippen LogP contribution in [0.15, 0.2) is 6.07 Å². The minimum absolute atomic E-state index is 0.0128. The van der Waals surface area contributed by atoms with E-state index in [4.69, 9.17) is 4.74 Å². The lowest BCUT2D eigenvalue weighted by Gasteiger charge is -2.32. The molecule has 1 unspecified atom stereocenters. The average molecular weight is 278 g/mol. The van der Waals surface area contributed by atoms with E-state index < -0.39 is 0 Å². The van der Waals surface area contributed by atoms with E-state index >= 15 is 0 Å². The topological polar surface area (TPSA) is 67.4 Å². The largest absolute Gasteiger partial charge is 0.481 e. The maximum atomic E-state index is 12.0. The molecule has 0 aliphatic carbocycles. The number of nitrogens with zero attached hydrogens (tertiary/aromatic N) is 3. The summed E-state index contributed by atoms with van der Waals surface area (Å²) in [7, 11) is 1.60. The first-order valence-electron chi connectivity index (χ1n) is 7.06. The fourth-order valence-electron chi connectivity index (χ4n) is 2.46. The summed E-state index contributed by atoms with van der Waals surface area (Å²) in [6.45, 7) is 6.07. The molecule has 1 amide bonds. The van der Waals surface area contributed by atoms with E-state index in [0.29, 0.717) is 24.9 Å². The van der Waals surface area contributed by atoms with Gasteiger partial charge in [0.2, 0.25) is 17.7 Å². The molecule has 1 aromatic heterocycles. The van der Waals surface area contributed by atoms with Crippen molar-refractivity contribution in [3.05, 3.63) is 11.8 Å². The molecule has 0 spiro atoms. The SMILES string of the molecule is CCNC(=O)C1CCCN(c2nc(C)cc(OC)n2)C1. The molecule has 20 heavy (non-hydrogen) atoms. The molecule has 1 aromatic rings. The van der Waals surface area contributed by atoms with Crippen LogP contribution in [0.1, 0.15) is 25.5 Å². The fraction of sp³-hybridized carbons (Fsp3) is 0.643. The van der Waals surface area contributed by atoms with Gasteiger partial charge in [0.15, 0.2) is 0 Å². The summed E-state index contributed by atoms with van der Waals surface area (Å²) in [5.74, 6) is 1.35. The molecule has 1 fully saturated rings. The third kappa shape index (κ3) is 3.37. The summed E-state index contributed by atoms with van der Waals surface area (Å²) in [6, 6.07) is 1.80.